The molecule has 5 nitrogen and oxygen atoms in total. The summed E-state index contributed by atoms with van der Waals surface area (Å²) in [4.78, 5) is 28.9. The molecule has 0 aromatic rings. The number of carbonyl (C=O) groups is 2. The van der Waals surface area contributed by atoms with Gasteiger partial charge in [0.05, 0.1) is 6.04 Å². The van der Waals surface area contributed by atoms with E-state index in [1.165, 1.54) is 4.90 Å². The van der Waals surface area contributed by atoms with Gasteiger partial charge in [-0.3, -0.25) is 19.5 Å². The Morgan fingerprint density at radius 1 is 1.29 bits per heavy atom. The van der Waals surface area contributed by atoms with Crippen LogP contribution in [-0.4, -0.2) is 40.7 Å². The molecule has 0 bridgehead atoms. The molecule has 1 saturated heterocycles. The molecule has 3 atom stereocenters. The van der Waals surface area contributed by atoms with Crippen LogP contribution in [0.2, 0.25) is 0 Å². The van der Waals surface area contributed by atoms with Gasteiger partial charge < -0.3 is 5.32 Å². The summed E-state index contributed by atoms with van der Waals surface area (Å²) in [6, 6.07) is -0.933. The Labute approximate surface area is 82.2 Å². The molecule has 0 aliphatic carbocycles. The van der Waals surface area contributed by atoms with Gasteiger partial charge in [0.1, 0.15) is 17.9 Å². The second-order valence-electron chi connectivity index (χ2n) is 3.78. The molecule has 2 aliphatic rings. The van der Waals surface area contributed by atoms with Crippen molar-refractivity contribution in [3.05, 3.63) is 0 Å². The summed E-state index contributed by atoms with van der Waals surface area (Å²) < 4.78 is 0. The zero-order valence-electron chi connectivity index (χ0n) is 8.44. The summed E-state index contributed by atoms with van der Waals surface area (Å²) in [6.07, 6.45) is 0. The van der Waals surface area contributed by atoms with Gasteiger partial charge in [0.25, 0.3) is 5.91 Å². The molecule has 5 heteroatoms. The van der Waals surface area contributed by atoms with E-state index in [2.05, 4.69) is 10.3 Å². The van der Waals surface area contributed by atoms with E-state index in [1.54, 1.807) is 13.8 Å². The minimum Gasteiger partial charge on any atom is -0.345 e. The smallest absolute Gasteiger partial charge is 0.253 e. The van der Waals surface area contributed by atoms with Crippen molar-refractivity contribution in [1.82, 2.24) is 10.2 Å². The summed E-state index contributed by atoms with van der Waals surface area (Å²) in [7, 11) is 0. The summed E-state index contributed by atoms with van der Waals surface area (Å²) in [5.41, 5.74) is 0. The van der Waals surface area contributed by atoms with Gasteiger partial charge in [-0.1, -0.05) is 0 Å². The molecule has 0 saturated carbocycles. The molecule has 2 rings (SSSR count). The lowest BCUT2D eigenvalue weighted by molar-refractivity contribution is -0.136. The van der Waals surface area contributed by atoms with E-state index in [4.69, 9.17) is 0 Å². The van der Waals surface area contributed by atoms with Gasteiger partial charge in [0.2, 0.25) is 5.91 Å². The molecule has 1 N–H and O–H groups in total. The second kappa shape index (κ2) is 2.80. The molecule has 0 spiro atoms. The fourth-order valence-corrected chi connectivity index (χ4v) is 1.86. The standard InChI is InChI=1S/C9H13N3O2/c1-4-7-10-5(2)9(14)12(7)6(3)8(13)11-4/h4-6H,1-3H3,(H,11,13). The predicted molar refractivity (Wildman–Crippen MR) is 50.8 cm³/mol. The van der Waals surface area contributed by atoms with Crippen LogP contribution in [0.1, 0.15) is 20.8 Å². The van der Waals surface area contributed by atoms with Crippen LogP contribution in [0.5, 0.6) is 0 Å². The maximum Gasteiger partial charge on any atom is 0.253 e. The molecule has 3 unspecified atom stereocenters. The highest BCUT2D eigenvalue weighted by molar-refractivity contribution is 6.13. The van der Waals surface area contributed by atoms with Gasteiger partial charge in [-0.05, 0) is 20.8 Å². The van der Waals surface area contributed by atoms with E-state index >= 15 is 0 Å². The highest BCUT2D eigenvalue weighted by atomic mass is 16.2. The molecule has 0 aromatic carbocycles. The molecule has 1 fully saturated rings. The van der Waals surface area contributed by atoms with Crippen molar-refractivity contribution in [2.45, 2.75) is 38.9 Å². The highest BCUT2D eigenvalue weighted by Crippen LogP contribution is 2.19. The number of amidine groups is 1. The van der Waals surface area contributed by atoms with Crippen LogP contribution in [0, 0.1) is 0 Å². The molecule has 0 aromatic heterocycles. The zero-order valence-corrected chi connectivity index (χ0v) is 8.44. The maximum absolute atomic E-state index is 11.7. The normalized spacial score (nSPS) is 36.6. The van der Waals surface area contributed by atoms with E-state index in [9.17, 15) is 9.59 Å². The Kier molecular flexibility index (Phi) is 1.83. The van der Waals surface area contributed by atoms with Gasteiger partial charge >= 0.3 is 0 Å². The number of hydrogen-bond acceptors (Lipinski definition) is 3. The maximum atomic E-state index is 11.7. The topological polar surface area (TPSA) is 61.8 Å². The Morgan fingerprint density at radius 3 is 2.57 bits per heavy atom. The monoisotopic (exact) mass is 195 g/mol. The van der Waals surface area contributed by atoms with Crippen LogP contribution in [0.25, 0.3) is 0 Å². The lowest BCUT2D eigenvalue weighted by Gasteiger charge is -2.34. The molecule has 2 amide bonds. The van der Waals surface area contributed by atoms with Crippen molar-refractivity contribution in [1.29, 1.82) is 0 Å². The van der Waals surface area contributed by atoms with Crippen LogP contribution in [0.15, 0.2) is 4.99 Å². The van der Waals surface area contributed by atoms with Crippen LogP contribution < -0.4 is 5.32 Å². The Bertz CT molecular complexity index is 337. The third-order valence-corrected chi connectivity index (χ3v) is 2.68. The van der Waals surface area contributed by atoms with Crippen molar-refractivity contribution in [3.8, 4) is 0 Å². The van der Waals surface area contributed by atoms with E-state index in [1.807, 2.05) is 6.92 Å². The number of fused-ring (bicyclic) bond motifs is 1. The quantitative estimate of drug-likeness (QED) is 0.567. The van der Waals surface area contributed by atoms with Crippen molar-refractivity contribution in [2.24, 2.45) is 4.99 Å². The van der Waals surface area contributed by atoms with E-state index in [-0.39, 0.29) is 23.9 Å². The first-order chi connectivity index (χ1) is 6.52. The lowest BCUT2D eigenvalue weighted by Crippen LogP contribution is -2.61. The minimum absolute atomic E-state index is 0.0748. The Morgan fingerprint density at radius 2 is 1.93 bits per heavy atom. The van der Waals surface area contributed by atoms with Crippen LogP contribution >= 0.6 is 0 Å². The number of rotatable bonds is 0. The van der Waals surface area contributed by atoms with Crippen LogP contribution in [-0.2, 0) is 9.59 Å². The first-order valence-electron chi connectivity index (χ1n) is 4.73. The van der Waals surface area contributed by atoms with E-state index < -0.39 is 6.04 Å². The number of amides is 2. The average Bonchev–Trinajstić information content (AvgIpc) is 2.41. The third-order valence-electron chi connectivity index (χ3n) is 2.68. The van der Waals surface area contributed by atoms with Crippen molar-refractivity contribution in [2.75, 3.05) is 0 Å². The minimum atomic E-state index is -0.428. The molecule has 76 valence electrons. The van der Waals surface area contributed by atoms with Crippen LogP contribution in [0.3, 0.4) is 0 Å². The summed E-state index contributed by atoms with van der Waals surface area (Å²) in [5, 5.41) is 2.78. The van der Waals surface area contributed by atoms with Gasteiger partial charge in [-0.15, -0.1) is 0 Å². The molecule has 2 aliphatic heterocycles. The zero-order chi connectivity index (χ0) is 10.5. The van der Waals surface area contributed by atoms with Crippen molar-refractivity contribution >= 4 is 17.6 Å². The first-order valence-corrected chi connectivity index (χ1v) is 4.73. The van der Waals surface area contributed by atoms with Gasteiger partial charge in [0, 0.05) is 0 Å². The van der Waals surface area contributed by atoms with Crippen molar-refractivity contribution in [3.63, 3.8) is 0 Å². The van der Waals surface area contributed by atoms with Crippen molar-refractivity contribution < 1.29 is 9.59 Å². The molecular weight excluding hydrogens is 182 g/mol. The number of hydrogen-bond donors (Lipinski definition) is 1. The van der Waals surface area contributed by atoms with Gasteiger partial charge in [-0.2, -0.15) is 0 Å². The number of aliphatic imine (C=N–C) groups is 1. The lowest BCUT2D eigenvalue weighted by atomic mass is 10.1. The fourth-order valence-electron chi connectivity index (χ4n) is 1.86. The number of carbonyl (C=O) groups excluding carboxylic acids is 2. The first kappa shape index (κ1) is 9.18. The Balaban J connectivity index is 2.38. The SMILES string of the molecule is CC1N=C2C(C)NC(=O)C(C)N2C1=O. The average molecular weight is 195 g/mol. The summed E-state index contributed by atoms with van der Waals surface area (Å²) >= 11 is 0. The summed E-state index contributed by atoms with van der Waals surface area (Å²) in [5.74, 6) is 0.503. The third kappa shape index (κ3) is 1.05. The second-order valence-corrected chi connectivity index (χ2v) is 3.78. The fraction of sp³-hybridized carbons (Fsp3) is 0.667. The summed E-state index contributed by atoms with van der Waals surface area (Å²) in [6.45, 7) is 5.30. The molecule has 14 heavy (non-hydrogen) atoms. The number of piperazine rings is 1. The molecule has 2 heterocycles. The molecular formula is C9H13N3O2. The Hall–Kier alpha value is -1.39. The highest BCUT2D eigenvalue weighted by Gasteiger charge is 2.43. The number of nitrogens with one attached hydrogen (secondary N) is 1. The largest absolute Gasteiger partial charge is 0.345 e. The van der Waals surface area contributed by atoms with Crippen LogP contribution in [0.4, 0.5) is 0 Å². The van der Waals surface area contributed by atoms with Gasteiger partial charge in [0.15, 0.2) is 0 Å². The van der Waals surface area contributed by atoms with E-state index in [0.29, 0.717) is 5.84 Å². The molecule has 0 radical (unpaired) electrons. The predicted octanol–water partition coefficient (Wildman–Crippen LogP) is -0.478. The number of nitrogens with zero attached hydrogens (tertiary/aromatic N) is 2. The van der Waals surface area contributed by atoms with E-state index in [0.717, 1.165) is 0 Å². The van der Waals surface area contributed by atoms with Gasteiger partial charge in [-0.25, -0.2) is 0 Å².